The van der Waals surface area contributed by atoms with E-state index in [1.807, 2.05) is 41.3 Å². The van der Waals surface area contributed by atoms with Gasteiger partial charge < -0.3 is 29.6 Å². The number of ether oxygens (including phenoxy) is 2. The van der Waals surface area contributed by atoms with Crippen LogP contribution >= 0.6 is 0 Å². The minimum absolute atomic E-state index is 0.114. The Kier molecular flexibility index (Phi) is 11.5. The fourth-order valence-corrected chi connectivity index (χ4v) is 5.07. The lowest BCUT2D eigenvalue weighted by atomic mass is 10.1. The van der Waals surface area contributed by atoms with Crippen LogP contribution in [0.1, 0.15) is 88.1 Å². The smallest absolute Gasteiger partial charge is 0.253 e. The molecule has 0 atom stereocenters. The average Bonchev–Trinajstić information content (AvgIpc) is 3.61. The molecule has 8 heteroatoms. The molecular weight excluding hydrogens is 502 g/mol. The first-order chi connectivity index (χ1) is 19.6. The number of carbonyl (C=O) groups excluding carboxylic acids is 1. The molecule has 40 heavy (non-hydrogen) atoms. The van der Waals surface area contributed by atoms with E-state index in [9.17, 15) is 4.79 Å². The molecule has 0 radical (unpaired) electrons. The van der Waals surface area contributed by atoms with Crippen molar-refractivity contribution in [3.05, 3.63) is 47.5 Å². The number of carbonyl (C=O) groups is 1. The molecule has 1 saturated heterocycles. The Morgan fingerprint density at radius 3 is 2.35 bits per heavy atom. The number of unbranched alkanes of at least 4 members (excludes halogenated alkanes) is 2. The van der Waals surface area contributed by atoms with E-state index < -0.39 is 0 Å². The van der Waals surface area contributed by atoms with Gasteiger partial charge in [-0.2, -0.15) is 0 Å². The van der Waals surface area contributed by atoms with Crippen molar-refractivity contribution in [1.82, 2.24) is 19.8 Å². The van der Waals surface area contributed by atoms with Gasteiger partial charge in [-0.3, -0.25) is 4.79 Å². The van der Waals surface area contributed by atoms with Gasteiger partial charge in [-0.15, -0.1) is 0 Å². The van der Waals surface area contributed by atoms with E-state index in [1.165, 1.54) is 32.4 Å². The molecule has 0 unspecified atom stereocenters. The first kappa shape index (κ1) is 29.7. The Morgan fingerprint density at radius 1 is 0.950 bits per heavy atom. The number of fused-ring (bicyclic) bond motifs is 2. The van der Waals surface area contributed by atoms with Crippen molar-refractivity contribution < 1.29 is 14.3 Å². The molecule has 1 fully saturated rings. The van der Waals surface area contributed by atoms with Gasteiger partial charge in [0.25, 0.3) is 5.91 Å². The first-order valence-electron chi connectivity index (χ1n) is 15.3. The number of amides is 1. The van der Waals surface area contributed by atoms with Gasteiger partial charge in [0, 0.05) is 31.7 Å². The molecule has 218 valence electrons. The number of hydrogen-bond acceptors (Lipinski definition) is 6. The van der Waals surface area contributed by atoms with Crippen LogP contribution in [0.2, 0.25) is 0 Å². The summed E-state index contributed by atoms with van der Waals surface area (Å²) in [5.74, 6) is 2.49. The fraction of sp³-hybridized carbons (Fsp3) is 0.562. The van der Waals surface area contributed by atoms with Crippen LogP contribution < -0.4 is 20.1 Å². The Bertz CT molecular complexity index is 1200. The molecule has 2 N–H and O–H groups in total. The Morgan fingerprint density at radius 2 is 1.70 bits per heavy atom. The summed E-state index contributed by atoms with van der Waals surface area (Å²) in [6.07, 6.45) is 9.40. The van der Waals surface area contributed by atoms with Crippen LogP contribution in [0.25, 0.3) is 11.0 Å². The number of imidazole rings is 1. The number of aromatic nitrogens is 2. The lowest BCUT2D eigenvalue weighted by Crippen LogP contribution is -2.32. The second-order valence-corrected chi connectivity index (χ2v) is 10.6. The predicted octanol–water partition coefficient (Wildman–Crippen LogP) is 6.59. The monoisotopic (exact) mass is 549 g/mol. The first-order valence-corrected chi connectivity index (χ1v) is 15.3. The fourth-order valence-electron chi connectivity index (χ4n) is 5.07. The van der Waals surface area contributed by atoms with Crippen molar-refractivity contribution in [2.24, 2.45) is 0 Å². The molecule has 0 saturated carbocycles. The molecular formula is C32H47N5O3. The maximum absolute atomic E-state index is 13.3. The van der Waals surface area contributed by atoms with E-state index >= 15 is 0 Å². The largest absolute Gasteiger partial charge is 0.454 e. The predicted molar refractivity (Wildman–Crippen MR) is 162 cm³/mol. The van der Waals surface area contributed by atoms with Crippen LogP contribution in [0, 0.1) is 0 Å². The lowest BCUT2D eigenvalue weighted by molar-refractivity contribution is 0.0751. The molecule has 0 spiro atoms. The molecule has 1 amide bonds. The standard InChI is InChI=1S/C27H36N4O3.C5H11N/c1-4-7-14-30(15-8-5-2)26(32)21-10-11-22-23(17-21)31(13-6-3)27(29-22)28-18-20-9-12-24-25(16-20)34-19-33-24;1-2-4-6-5-3-1/h9-12,16-17H,4-8,13-15,18-19H2,1-3H3,(H,28,29);6H,1-5H2. The van der Waals surface area contributed by atoms with Crippen molar-refractivity contribution in [1.29, 1.82) is 0 Å². The summed E-state index contributed by atoms with van der Waals surface area (Å²) >= 11 is 0. The molecule has 0 bridgehead atoms. The molecule has 3 aromatic rings. The molecule has 5 rings (SSSR count). The van der Waals surface area contributed by atoms with Crippen molar-refractivity contribution in [3.63, 3.8) is 0 Å². The summed E-state index contributed by atoms with van der Waals surface area (Å²) in [4.78, 5) is 20.2. The summed E-state index contributed by atoms with van der Waals surface area (Å²) in [6.45, 7) is 12.3. The highest BCUT2D eigenvalue weighted by Crippen LogP contribution is 2.33. The SMILES string of the molecule is C1CCNCC1.CCCCN(CCCC)C(=O)c1ccc2nc(NCc3ccc4c(c3)OCO4)n(CCC)c2c1. The van der Waals surface area contributed by atoms with Gasteiger partial charge in [0.2, 0.25) is 12.7 Å². The summed E-state index contributed by atoms with van der Waals surface area (Å²) in [5, 5.41) is 6.77. The van der Waals surface area contributed by atoms with E-state index in [0.717, 1.165) is 91.3 Å². The quantitative estimate of drug-likeness (QED) is 0.265. The molecule has 1 aromatic heterocycles. The van der Waals surface area contributed by atoms with Crippen LogP contribution in [0.3, 0.4) is 0 Å². The molecule has 2 aliphatic heterocycles. The zero-order chi connectivity index (χ0) is 28.2. The lowest BCUT2D eigenvalue weighted by Gasteiger charge is -2.22. The minimum atomic E-state index is 0.114. The summed E-state index contributed by atoms with van der Waals surface area (Å²) in [7, 11) is 0. The van der Waals surface area contributed by atoms with Crippen molar-refractivity contribution in [3.8, 4) is 11.5 Å². The van der Waals surface area contributed by atoms with Crippen molar-refractivity contribution in [2.45, 2.75) is 85.2 Å². The zero-order valence-corrected chi connectivity index (χ0v) is 24.6. The van der Waals surface area contributed by atoms with Crippen LogP contribution in [-0.4, -0.2) is 53.3 Å². The van der Waals surface area contributed by atoms with E-state index in [1.54, 1.807) is 0 Å². The second-order valence-electron chi connectivity index (χ2n) is 10.6. The van der Waals surface area contributed by atoms with Crippen LogP contribution in [0.15, 0.2) is 36.4 Å². The Labute approximate surface area is 239 Å². The van der Waals surface area contributed by atoms with Crippen molar-refractivity contribution >= 4 is 22.9 Å². The van der Waals surface area contributed by atoms with Gasteiger partial charge in [-0.25, -0.2) is 4.98 Å². The molecule has 8 nitrogen and oxygen atoms in total. The number of nitrogens with zero attached hydrogens (tertiary/aromatic N) is 3. The summed E-state index contributed by atoms with van der Waals surface area (Å²) in [6, 6.07) is 11.9. The highest BCUT2D eigenvalue weighted by Gasteiger charge is 2.18. The second kappa shape index (κ2) is 15.5. The third-order valence-corrected chi connectivity index (χ3v) is 7.39. The topological polar surface area (TPSA) is 80.7 Å². The zero-order valence-electron chi connectivity index (χ0n) is 24.6. The molecule has 0 aliphatic carbocycles. The van der Waals surface area contributed by atoms with E-state index in [0.29, 0.717) is 6.54 Å². The summed E-state index contributed by atoms with van der Waals surface area (Å²) < 4.78 is 13.1. The molecule has 2 aromatic carbocycles. The molecule has 3 heterocycles. The number of rotatable bonds is 12. The van der Waals surface area contributed by atoms with Gasteiger partial charge in [-0.05, 0) is 81.1 Å². The number of piperidine rings is 1. The molecule has 2 aliphatic rings. The summed E-state index contributed by atoms with van der Waals surface area (Å²) in [5.41, 5.74) is 3.72. The maximum atomic E-state index is 13.3. The number of benzene rings is 2. The van der Waals surface area contributed by atoms with E-state index in [-0.39, 0.29) is 12.7 Å². The van der Waals surface area contributed by atoms with Crippen molar-refractivity contribution in [2.75, 3.05) is 38.3 Å². The minimum Gasteiger partial charge on any atom is -0.454 e. The van der Waals surface area contributed by atoms with Crippen LogP contribution in [0.5, 0.6) is 11.5 Å². The van der Waals surface area contributed by atoms with Gasteiger partial charge in [0.1, 0.15) is 0 Å². The van der Waals surface area contributed by atoms with Gasteiger partial charge in [0.15, 0.2) is 11.5 Å². The van der Waals surface area contributed by atoms with Gasteiger partial charge in [0.05, 0.1) is 11.0 Å². The average molecular weight is 550 g/mol. The van der Waals surface area contributed by atoms with E-state index in [4.69, 9.17) is 14.5 Å². The third-order valence-electron chi connectivity index (χ3n) is 7.39. The number of anilines is 1. The van der Waals surface area contributed by atoms with Crippen LogP contribution in [-0.2, 0) is 13.1 Å². The van der Waals surface area contributed by atoms with Crippen LogP contribution in [0.4, 0.5) is 5.95 Å². The van der Waals surface area contributed by atoms with Gasteiger partial charge in [-0.1, -0.05) is 46.1 Å². The Balaban J connectivity index is 0.000000546. The highest BCUT2D eigenvalue weighted by molar-refractivity contribution is 5.97. The van der Waals surface area contributed by atoms with E-state index in [2.05, 4.69) is 36.0 Å². The maximum Gasteiger partial charge on any atom is 0.253 e. The number of aryl methyl sites for hydroxylation is 1. The number of nitrogens with one attached hydrogen (secondary N) is 2. The van der Waals surface area contributed by atoms with Gasteiger partial charge >= 0.3 is 0 Å². The third kappa shape index (κ3) is 7.90. The Hall–Kier alpha value is -3.26. The normalized spacial score (nSPS) is 14.1. The number of hydrogen-bond donors (Lipinski definition) is 2. The highest BCUT2D eigenvalue weighted by atomic mass is 16.7.